The summed E-state index contributed by atoms with van der Waals surface area (Å²) in [4.78, 5) is 18.2. The molecule has 0 radical (unpaired) electrons. The molecule has 0 saturated carbocycles. The number of rotatable bonds is 2. The molecule has 0 unspecified atom stereocenters. The molecule has 0 spiro atoms. The standard InChI is InChI=1S/C12H17N3O/c1-12(2)11(16)15(8-7-14-12)9-10-5-3-4-6-13-10/h3-6,14H,7-9H2,1-2H3. The lowest BCUT2D eigenvalue weighted by molar-refractivity contribution is -0.140. The Morgan fingerprint density at radius 1 is 1.50 bits per heavy atom. The Hall–Kier alpha value is -1.42. The van der Waals surface area contributed by atoms with Crippen LogP contribution >= 0.6 is 0 Å². The Morgan fingerprint density at radius 3 is 3.00 bits per heavy atom. The Bertz CT molecular complexity index is 375. The van der Waals surface area contributed by atoms with Crippen LogP contribution in [0.4, 0.5) is 0 Å². The van der Waals surface area contributed by atoms with Gasteiger partial charge in [0.2, 0.25) is 5.91 Å². The molecule has 16 heavy (non-hydrogen) atoms. The first kappa shape index (κ1) is 11.1. The van der Waals surface area contributed by atoms with Gasteiger partial charge in [-0.15, -0.1) is 0 Å². The average molecular weight is 219 g/mol. The summed E-state index contributed by atoms with van der Waals surface area (Å²) in [5.41, 5.74) is 0.487. The minimum absolute atomic E-state index is 0.143. The van der Waals surface area contributed by atoms with Crippen molar-refractivity contribution in [1.29, 1.82) is 0 Å². The number of carbonyl (C=O) groups excluding carboxylic acids is 1. The number of hydrogen-bond acceptors (Lipinski definition) is 3. The number of piperazine rings is 1. The highest BCUT2D eigenvalue weighted by atomic mass is 16.2. The lowest BCUT2D eigenvalue weighted by Gasteiger charge is -2.37. The largest absolute Gasteiger partial charge is 0.334 e. The molecule has 1 aliphatic rings. The first-order chi connectivity index (χ1) is 7.59. The molecule has 1 N–H and O–H groups in total. The Kier molecular flexibility index (Phi) is 2.92. The van der Waals surface area contributed by atoms with Crippen LogP contribution in [0.25, 0.3) is 0 Å². The first-order valence-corrected chi connectivity index (χ1v) is 5.54. The van der Waals surface area contributed by atoms with Gasteiger partial charge in [0.25, 0.3) is 0 Å². The zero-order valence-corrected chi connectivity index (χ0v) is 9.73. The Labute approximate surface area is 95.7 Å². The van der Waals surface area contributed by atoms with E-state index in [2.05, 4.69) is 10.3 Å². The van der Waals surface area contributed by atoms with Crippen LogP contribution in [0.15, 0.2) is 24.4 Å². The van der Waals surface area contributed by atoms with Gasteiger partial charge in [-0.2, -0.15) is 0 Å². The molecule has 86 valence electrons. The third-order valence-corrected chi connectivity index (χ3v) is 2.85. The van der Waals surface area contributed by atoms with Crippen molar-refractivity contribution >= 4 is 5.91 Å². The molecule has 1 aromatic heterocycles. The summed E-state index contributed by atoms with van der Waals surface area (Å²) in [6.07, 6.45) is 1.76. The fourth-order valence-electron chi connectivity index (χ4n) is 1.91. The lowest BCUT2D eigenvalue weighted by Crippen LogP contribution is -2.60. The Balaban J connectivity index is 2.08. The van der Waals surface area contributed by atoms with Crippen LogP contribution < -0.4 is 5.32 Å². The highest BCUT2D eigenvalue weighted by molar-refractivity contribution is 5.86. The van der Waals surface area contributed by atoms with Crippen LogP contribution in [-0.4, -0.2) is 34.4 Å². The van der Waals surface area contributed by atoms with Crippen LogP contribution in [0, 0.1) is 0 Å². The fraction of sp³-hybridized carbons (Fsp3) is 0.500. The smallest absolute Gasteiger partial charge is 0.242 e. The average Bonchev–Trinajstić information content (AvgIpc) is 2.26. The molecule has 1 aromatic rings. The number of carbonyl (C=O) groups is 1. The quantitative estimate of drug-likeness (QED) is 0.800. The molecule has 0 aliphatic carbocycles. The highest BCUT2D eigenvalue weighted by Crippen LogP contribution is 2.14. The van der Waals surface area contributed by atoms with Crippen molar-refractivity contribution in [2.75, 3.05) is 13.1 Å². The van der Waals surface area contributed by atoms with Crippen molar-refractivity contribution in [3.05, 3.63) is 30.1 Å². The van der Waals surface area contributed by atoms with Crippen LogP contribution in [0.5, 0.6) is 0 Å². The van der Waals surface area contributed by atoms with Crippen molar-refractivity contribution in [2.24, 2.45) is 0 Å². The van der Waals surface area contributed by atoms with E-state index < -0.39 is 5.54 Å². The molecule has 1 saturated heterocycles. The predicted molar refractivity (Wildman–Crippen MR) is 61.7 cm³/mol. The van der Waals surface area contributed by atoms with E-state index in [-0.39, 0.29) is 5.91 Å². The molecule has 2 rings (SSSR count). The highest BCUT2D eigenvalue weighted by Gasteiger charge is 2.35. The third-order valence-electron chi connectivity index (χ3n) is 2.85. The van der Waals surface area contributed by atoms with Crippen molar-refractivity contribution in [1.82, 2.24) is 15.2 Å². The molecule has 0 aromatic carbocycles. The van der Waals surface area contributed by atoms with E-state index in [1.54, 1.807) is 6.20 Å². The van der Waals surface area contributed by atoms with Crippen LogP contribution in [-0.2, 0) is 11.3 Å². The SMILES string of the molecule is CC1(C)NCCN(Cc2ccccn2)C1=O. The normalized spacial score (nSPS) is 19.9. The molecule has 0 atom stereocenters. The summed E-state index contributed by atoms with van der Waals surface area (Å²) in [6.45, 7) is 6.02. The molecule has 1 aliphatic heterocycles. The number of aromatic nitrogens is 1. The summed E-state index contributed by atoms with van der Waals surface area (Å²) in [7, 11) is 0. The van der Waals surface area contributed by atoms with Crippen molar-refractivity contribution in [3.63, 3.8) is 0 Å². The molecular formula is C12H17N3O. The first-order valence-electron chi connectivity index (χ1n) is 5.54. The van der Waals surface area contributed by atoms with Gasteiger partial charge < -0.3 is 10.2 Å². The van der Waals surface area contributed by atoms with Crippen LogP contribution in [0.2, 0.25) is 0 Å². The van der Waals surface area contributed by atoms with Gasteiger partial charge in [-0.3, -0.25) is 9.78 Å². The minimum Gasteiger partial charge on any atom is -0.334 e. The maximum absolute atomic E-state index is 12.1. The molecule has 1 amide bonds. The maximum Gasteiger partial charge on any atom is 0.242 e. The van der Waals surface area contributed by atoms with E-state index in [1.165, 1.54) is 0 Å². The molecule has 0 bridgehead atoms. The lowest BCUT2D eigenvalue weighted by atomic mass is 10.0. The Morgan fingerprint density at radius 2 is 2.31 bits per heavy atom. The summed E-state index contributed by atoms with van der Waals surface area (Å²) >= 11 is 0. The number of hydrogen-bond donors (Lipinski definition) is 1. The second kappa shape index (κ2) is 4.22. The van der Waals surface area contributed by atoms with Gasteiger partial charge in [-0.05, 0) is 26.0 Å². The van der Waals surface area contributed by atoms with Gasteiger partial charge in [0.05, 0.1) is 17.8 Å². The molecule has 1 fully saturated rings. The summed E-state index contributed by atoms with van der Waals surface area (Å²) < 4.78 is 0. The molecule has 4 nitrogen and oxygen atoms in total. The monoisotopic (exact) mass is 219 g/mol. The molecule has 4 heteroatoms. The second-order valence-corrected chi connectivity index (χ2v) is 4.60. The number of nitrogens with zero attached hydrogens (tertiary/aromatic N) is 2. The predicted octanol–water partition coefficient (Wildman–Crippen LogP) is 0.792. The fourth-order valence-corrected chi connectivity index (χ4v) is 1.91. The van der Waals surface area contributed by atoms with Gasteiger partial charge in [0, 0.05) is 19.3 Å². The summed E-state index contributed by atoms with van der Waals surface area (Å²) in [6, 6.07) is 5.77. The van der Waals surface area contributed by atoms with Crippen molar-refractivity contribution in [3.8, 4) is 0 Å². The van der Waals surface area contributed by atoms with Crippen molar-refractivity contribution in [2.45, 2.75) is 25.9 Å². The van der Waals surface area contributed by atoms with E-state index >= 15 is 0 Å². The van der Waals surface area contributed by atoms with E-state index in [1.807, 2.05) is 36.9 Å². The topological polar surface area (TPSA) is 45.2 Å². The van der Waals surface area contributed by atoms with Gasteiger partial charge >= 0.3 is 0 Å². The molecule has 2 heterocycles. The van der Waals surface area contributed by atoms with Crippen molar-refractivity contribution < 1.29 is 4.79 Å². The summed E-state index contributed by atoms with van der Waals surface area (Å²) in [5.74, 6) is 0.143. The zero-order valence-electron chi connectivity index (χ0n) is 9.73. The maximum atomic E-state index is 12.1. The zero-order chi connectivity index (χ0) is 11.6. The number of nitrogens with one attached hydrogen (secondary N) is 1. The van der Waals surface area contributed by atoms with Crippen LogP contribution in [0.1, 0.15) is 19.5 Å². The second-order valence-electron chi connectivity index (χ2n) is 4.60. The third kappa shape index (κ3) is 2.22. The summed E-state index contributed by atoms with van der Waals surface area (Å²) in [5, 5.41) is 3.21. The van der Waals surface area contributed by atoms with E-state index in [4.69, 9.17) is 0 Å². The van der Waals surface area contributed by atoms with Gasteiger partial charge in [0.15, 0.2) is 0 Å². The van der Waals surface area contributed by atoms with E-state index in [0.717, 1.165) is 18.8 Å². The number of pyridine rings is 1. The molecular weight excluding hydrogens is 202 g/mol. The van der Waals surface area contributed by atoms with Gasteiger partial charge in [0.1, 0.15) is 0 Å². The van der Waals surface area contributed by atoms with E-state index in [9.17, 15) is 4.79 Å². The minimum atomic E-state index is -0.451. The van der Waals surface area contributed by atoms with Gasteiger partial charge in [-0.25, -0.2) is 0 Å². The number of amides is 1. The van der Waals surface area contributed by atoms with E-state index in [0.29, 0.717) is 6.54 Å². The van der Waals surface area contributed by atoms with Gasteiger partial charge in [-0.1, -0.05) is 6.07 Å². The van der Waals surface area contributed by atoms with Crippen LogP contribution in [0.3, 0.4) is 0 Å².